The summed E-state index contributed by atoms with van der Waals surface area (Å²) in [4.78, 5) is 14.4. The lowest BCUT2D eigenvalue weighted by atomic mass is 10.1. The molecule has 1 unspecified atom stereocenters. The first-order chi connectivity index (χ1) is 9.02. The Balaban J connectivity index is 2.17. The van der Waals surface area contributed by atoms with Crippen LogP contribution in [0.5, 0.6) is 0 Å². The number of ether oxygens (including phenoxy) is 1. The van der Waals surface area contributed by atoms with Gasteiger partial charge in [-0.1, -0.05) is 15.9 Å². The number of rotatable bonds is 3. The molecule has 1 atom stereocenters. The SMILES string of the molecule is COCC1CCN(C(=O)c2cc(Br)cc(N)c2C)C1. The number of anilines is 1. The van der Waals surface area contributed by atoms with Gasteiger partial charge in [0.2, 0.25) is 0 Å². The van der Waals surface area contributed by atoms with E-state index in [2.05, 4.69) is 15.9 Å². The average molecular weight is 327 g/mol. The summed E-state index contributed by atoms with van der Waals surface area (Å²) < 4.78 is 6.00. The number of hydrogen-bond acceptors (Lipinski definition) is 3. The maximum absolute atomic E-state index is 12.5. The molecule has 1 heterocycles. The molecule has 4 nitrogen and oxygen atoms in total. The molecule has 1 saturated heterocycles. The fraction of sp³-hybridized carbons (Fsp3) is 0.500. The lowest BCUT2D eigenvalue weighted by molar-refractivity contribution is 0.0775. The molecule has 0 bridgehead atoms. The molecular weight excluding hydrogens is 308 g/mol. The van der Waals surface area contributed by atoms with E-state index in [0.29, 0.717) is 23.8 Å². The van der Waals surface area contributed by atoms with Crippen LogP contribution in [-0.4, -0.2) is 37.6 Å². The number of methoxy groups -OCH3 is 1. The van der Waals surface area contributed by atoms with Gasteiger partial charge in [-0.3, -0.25) is 4.79 Å². The van der Waals surface area contributed by atoms with E-state index in [4.69, 9.17) is 10.5 Å². The molecule has 1 aromatic rings. The van der Waals surface area contributed by atoms with Crippen molar-refractivity contribution in [2.75, 3.05) is 32.5 Å². The van der Waals surface area contributed by atoms with E-state index in [0.717, 1.165) is 29.5 Å². The van der Waals surface area contributed by atoms with Gasteiger partial charge < -0.3 is 15.4 Å². The normalized spacial score (nSPS) is 18.9. The van der Waals surface area contributed by atoms with E-state index >= 15 is 0 Å². The number of carbonyl (C=O) groups excluding carboxylic acids is 1. The van der Waals surface area contributed by atoms with E-state index in [1.54, 1.807) is 7.11 Å². The monoisotopic (exact) mass is 326 g/mol. The predicted octanol–water partition coefficient (Wildman–Crippen LogP) is 2.45. The molecule has 0 spiro atoms. The third-order valence-electron chi connectivity index (χ3n) is 3.62. The van der Waals surface area contributed by atoms with E-state index < -0.39 is 0 Å². The highest BCUT2D eigenvalue weighted by Gasteiger charge is 2.28. The Morgan fingerprint density at radius 3 is 3.00 bits per heavy atom. The number of nitrogens with zero attached hydrogens (tertiary/aromatic N) is 1. The Morgan fingerprint density at radius 2 is 2.32 bits per heavy atom. The molecular formula is C14H19BrN2O2. The minimum atomic E-state index is 0.0594. The number of carbonyl (C=O) groups is 1. The quantitative estimate of drug-likeness (QED) is 0.868. The number of benzene rings is 1. The van der Waals surface area contributed by atoms with Crippen LogP contribution >= 0.6 is 15.9 Å². The number of hydrogen-bond donors (Lipinski definition) is 1. The van der Waals surface area contributed by atoms with Crippen molar-refractivity contribution in [2.24, 2.45) is 5.92 Å². The van der Waals surface area contributed by atoms with Crippen LogP contribution in [0.1, 0.15) is 22.3 Å². The number of amides is 1. The highest BCUT2D eigenvalue weighted by Crippen LogP contribution is 2.26. The van der Waals surface area contributed by atoms with Crippen LogP contribution < -0.4 is 5.73 Å². The summed E-state index contributed by atoms with van der Waals surface area (Å²) in [6, 6.07) is 3.67. The molecule has 104 valence electrons. The summed E-state index contributed by atoms with van der Waals surface area (Å²) in [5.41, 5.74) is 8.09. The van der Waals surface area contributed by atoms with Gasteiger partial charge in [-0.25, -0.2) is 0 Å². The first-order valence-electron chi connectivity index (χ1n) is 6.36. The van der Waals surface area contributed by atoms with Crippen molar-refractivity contribution in [3.63, 3.8) is 0 Å². The molecule has 0 saturated carbocycles. The smallest absolute Gasteiger partial charge is 0.254 e. The molecule has 0 aromatic heterocycles. The first-order valence-corrected chi connectivity index (χ1v) is 7.16. The zero-order valence-corrected chi connectivity index (χ0v) is 12.9. The summed E-state index contributed by atoms with van der Waals surface area (Å²) >= 11 is 3.39. The average Bonchev–Trinajstić information content (AvgIpc) is 2.82. The molecule has 5 heteroatoms. The van der Waals surface area contributed by atoms with Crippen LogP contribution in [0.4, 0.5) is 5.69 Å². The van der Waals surface area contributed by atoms with Crippen molar-refractivity contribution in [3.8, 4) is 0 Å². The van der Waals surface area contributed by atoms with Crippen LogP contribution in [-0.2, 0) is 4.74 Å². The first kappa shape index (κ1) is 14.3. The van der Waals surface area contributed by atoms with Crippen molar-refractivity contribution >= 4 is 27.5 Å². The van der Waals surface area contributed by atoms with Gasteiger partial charge >= 0.3 is 0 Å². The van der Waals surface area contributed by atoms with Crippen molar-refractivity contribution in [2.45, 2.75) is 13.3 Å². The number of likely N-dealkylation sites (tertiary alicyclic amines) is 1. The largest absolute Gasteiger partial charge is 0.398 e. The second-order valence-electron chi connectivity index (χ2n) is 5.03. The van der Waals surface area contributed by atoms with Crippen molar-refractivity contribution < 1.29 is 9.53 Å². The van der Waals surface area contributed by atoms with Gasteiger partial charge in [-0.05, 0) is 31.0 Å². The van der Waals surface area contributed by atoms with Crippen LogP contribution in [0.2, 0.25) is 0 Å². The summed E-state index contributed by atoms with van der Waals surface area (Å²) in [5, 5.41) is 0. The summed E-state index contributed by atoms with van der Waals surface area (Å²) in [6.45, 7) is 4.15. The van der Waals surface area contributed by atoms with Gasteiger partial charge in [0.05, 0.1) is 6.61 Å². The van der Waals surface area contributed by atoms with Crippen molar-refractivity contribution in [1.29, 1.82) is 0 Å². The zero-order chi connectivity index (χ0) is 14.0. The molecule has 1 aliphatic rings. The van der Waals surface area contributed by atoms with Crippen LogP contribution in [0.15, 0.2) is 16.6 Å². The topological polar surface area (TPSA) is 55.6 Å². The molecule has 1 amide bonds. The number of nitrogen functional groups attached to an aromatic ring is 1. The second kappa shape index (κ2) is 5.92. The molecule has 1 aliphatic heterocycles. The molecule has 0 aliphatic carbocycles. The van der Waals surface area contributed by atoms with E-state index in [9.17, 15) is 4.79 Å². The molecule has 19 heavy (non-hydrogen) atoms. The maximum atomic E-state index is 12.5. The Labute approximate surface area is 122 Å². The number of nitrogens with two attached hydrogens (primary N) is 1. The van der Waals surface area contributed by atoms with Crippen LogP contribution in [0.25, 0.3) is 0 Å². The van der Waals surface area contributed by atoms with Crippen molar-refractivity contribution in [1.82, 2.24) is 4.90 Å². The zero-order valence-electron chi connectivity index (χ0n) is 11.3. The third-order valence-corrected chi connectivity index (χ3v) is 4.08. The predicted molar refractivity (Wildman–Crippen MR) is 79.2 cm³/mol. The minimum Gasteiger partial charge on any atom is -0.398 e. The molecule has 2 rings (SSSR count). The lowest BCUT2D eigenvalue weighted by Gasteiger charge is -2.18. The fourth-order valence-electron chi connectivity index (χ4n) is 2.48. The van der Waals surface area contributed by atoms with Crippen LogP contribution in [0.3, 0.4) is 0 Å². The standard InChI is InChI=1S/C14H19BrN2O2/c1-9-12(5-11(15)6-13(9)16)14(18)17-4-3-10(7-17)8-19-2/h5-6,10H,3-4,7-8,16H2,1-2H3. The Bertz CT molecular complexity index is 491. The highest BCUT2D eigenvalue weighted by molar-refractivity contribution is 9.10. The fourth-order valence-corrected chi connectivity index (χ4v) is 2.96. The summed E-state index contributed by atoms with van der Waals surface area (Å²) in [7, 11) is 1.70. The molecule has 2 N–H and O–H groups in total. The van der Waals surface area contributed by atoms with Gasteiger partial charge in [-0.2, -0.15) is 0 Å². The van der Waals surface area contributed by atoms with Gasteiger partial charge in [0.15, 0.2) is 0 Å². The summed E-state index contributed by atoms with van der Waals surface area (Å²) in [5.74, 6) is 0.503. The Hall–Kier alpha value is -1.07. The van der Waals surface area contributed by atoms with Gasteiger partial charge in [0.25, 0.3) is 5.91 Å². The minimum absolute atomic E-state index is 0.0594. The highest BCUT2D eigenvalue weighted by atomic mass is 79.9. The van der Waals surface area contributed by atoms with E-state index in [1.807, 2.05) is 24.0 Å². The maximum Gasteiger partial charge on any atom is 0.254 e. The van der Waals surface area contributed by atoms with Gasteiger partial charge in [0.1, 0.15) is 0 Å². The molecule has 0 radical (unpaired) electrons. The second-order valence-corrected chi connectivity index (χ2v) is 5.94. The van der Waals surface area contributed by atoms with Gasteiger partial charge in [-0.15, -0.1) is 0 Å². The van der Waals surface area contributed by atoms with Gasteiger partial charge in [0, 0.05) is 41.8 Å². The van der Waals surface area contributed by atoms with E-state index in [-0.39, 0.29) is 5.91 Å². The summed E-state index contributed by atoms with van der Waals surface area (Å²) in [6.07, 6.45) is 1.00. The Kier molecular flexibility index (Phi) is 4.47. The third kappa shape index (κ3) is 3.09. The van der Waals surface area contributed by atoms with Crippen molar-refractivity contribution in [3.05, 3.63) is 27.7 Å². The molecule has 1 aromatic carbocycles. The van der Waals surface area contributed by atoms with Crippen LogP contribution in [0, 0.1) is 12.8 Å². The number of halogens is 1. The molecule has 1 fully saturated rings. The van der Waals surface area contributed by atoms with E-state index in [1.165, 1.54) is 0 Å². The Morgan fingerprint density at radius 1 is 1.58 bits per heavy atom. The lowest BCUT2D eigenvalue weighted by Crippen LogP contribution is -2.30.